The third kappa shape index (κ3) is 7.41. The Morgan fingerprint density at radius 1 is 1.07 bits per heavy atom. The van der Waals surface area contributed by atoms with Gasteiger partial charge in [-0.25, -0.2) is 0 Å². The molecule has 0 aromatic heterocycles. The Kier molecular flexibility index (Phi) is 11.1. The average molecular weight is 637 g/mol. The minimum atomic E-state index is -0.927. The van der Waals surface area contributed by atoms with Crippen LogP contribution >= 0.6 is 0 Å². The zero-order chi connectivity index (χ0) is 32.8. The first-order valence-electron chi connectivity index (χ1n) is 16.5. The van der Waals surface area contributed by atoms with E-state index in [-0.39, 0.29) is 25.2 Å². The number of ether oxygens (including phenoxy) is 3. The topological polar surface area (TPSA) is 112 Å². The molecule has 0 saturated carbocycles. The quantitative estimate of drug-likeness (QED) is 0.274. The molecule has 2 amide bonds. The highest BCUT2D eigenvalue weighted by Crippen LogP contribution is 2.47. The maximum atomic E-state index is 13.9. The van der Waals surface area contributed by atoms with Crippen molar-refractivity contribution >= 4 is 17.8 Å². The molecule has 250 valence electrons. The first-order chi connectivity index (χ1) is 22.2. The number of aliphatic carboxylic acids is 1. The van der Waals surface area contributed by atoms with E-state index in [0.717, 1.165) is 43.4 Å². The van der Waals surface area contributed by atoms with Gasteiger partial charge in [0.05, 0.1) is 19.6 Å². The van der Waals surface area contributed by atoms with Crippen molar-refractivity contribution in [3.8, 4) is 17.2 Å². The van der Waals surface area contributed by atoms with Gasteiger partial charge in [-0.1, -0.05) is 31.5 Å². The largest absolute Gasteiger partial charge is 0.493 e. The molecule has 3 aliphatic heterocycles. The van der Waals surface area contributed by atoms with Gasteiger partial charge in [-0.15, -0.1) is 0 Å². The Bertz CT molecular complexity index is 1400. The first kappa shape index (κ1) is 33.5. The molecule has 0 bridgehead atoms. The van der Waals surface area contributed by atoms with Crippen molar-refractivity contribution in [3.05, 3.63) is 53.1 Å². The number of methoxy groups -OCH3 is 1. The molecular weight excluding hydrogens is 588 g/mol. The van der Waals surface area contributed by atoms with Crippen LogP contribution in [0, 0.1) is 5.92 Å². The van der Waals surface area contributed by atoms with Crippen molar-refractivity contribution in [1.82, 2.24) is 19.6 Å². The van der Waals surface area contributed by atoms with Crippen LogP contribution in [-0.2, 0) is 16.1 Å². The van der Waals surface area contributed by atoms with E-state index in [0.29, 0.717) is 62.0 Å². The van der Waals surface area contributed by atoms with Gasteiger partial charge >= 0.3 is 5.97 Å². The van der Waals surface area contributed by atoms with Crippen molar-refractivity contribution in [2.75, 3.05) is 67.3 Å². The molecular formula is C35H48N4O7. The molecule has 3 heterocycles. The fourth-order valence-corrected chi connectivity index (χ4v) is 7.05. The lowest BCUT2D eigenvalue weighted by atomic mass is 9.84. The number of fused-ring (bicyclic) bond motifs is 2. The Hall–Kier alpha value is -3.83. The molecule has 5 rings (SSSR count). The van der Waals surface area contributed by atoms with E-state index in [1.807, 2.05) is 60.3 Å². The number of carbonyl (C=O) groups is 3. The molecule has 3 aliphatic rings. The number of amides is 2. The van der Waals surface area contributed by atoms with Crippen LogP contribution < -0.4 is 14.2 Å². The summed E-state index contributed by atoms with van der Waals surface area (Å²) >= 11 is 0. The number of likely N-dealkylation sites (tertiary alicyclic amines) is 1. The maximum absolute atomic E-state index is 13.9. The normalized spacial score (nSPS) is 20.4. The molecule has 0 aliphatic carbocycles. The summed E-state index contributed by atoms with van der Waals surface area (Å²) in [5.41, 5.74) is 2.44. The van der Waals surface area contributed by atoms with Crippen LogP contribution in [0.2, 0.25) is 0 Å². The fraction of sp³-hybridized carbons (Fsp3) is 0.571. The molecule has 11 heteroatoms. The molecule has 2 aromatic rings. The summed E-state index contributed by atoms with van der Waals surface area (Å²) in [7, 11) is 5.65. The summed E-state index contributed by atoms with van der Waals surface area (Å²) < 4.78 is 16.8. The standard InChI is InChI=1S/C35H48N4O7/c1-5-6-15-37(16-10-9-14-36(2)3)31(40)22-39-21-27(25-18-29(44-4)33-30(19-25)45-23-46-33)32(35(42)43)28(39)13-17-38-20-24-11-7-8-12-26(24)34(38)41/h7-8,11-12,18-19,27-28,32H,5-6,9-10,13-17,20-23H2,1-4H3,(H,42,43)/t27-,28+,32-/m1/s1. The van der Waals surface area contributed by atoms with Crippen molar-refractivity contribution in [3.63, 3.8) is 0 Å². The van der Waals surface area contributed by atoms with E-state index in [1.54, 1.807) is 12.0 Å². The second-order valence-corrected chi connectivity index (χ2v) is 12.8. The molecule has 1 fully saturated rings. The lowest BCUT2D eigenvalue weighted by Crippen LogP contribution is -2.45. The highest BCUT2D eigenvalue weighted by molar-refractivity contribution is 5.98. The third-order valence-corrected chi connectivity index (χ3v) is 9.49. The van der Waals surface area contributed by atoms with E-state index < -0.39 is 23.8 Å². The van der Waals surface area contributed by atoms with Gasteiger partial charge in [0.2, 0.25) is 18.4 Å². The van der Waals surface area contributed by atoms with Crippen molar-refractivity contribution in [2.45, 2.75) is 57.5 Å². The summed E-state index contributed by atoms with van der Waals surface area (Å²) in [6.07, 6.45) is 4.23. The van der Waals surface area contributed by atoms with Crippen LogP contribution in [0.4, 0.5) is 0 Å². The Labute approximate surface area is 272 Å². The molecule has 11 nitrogen and oxygen atoms in total. The summed E-state index contributed by atoms with van der Waals surface area (Å²) in [5.74, 6) is -0.657. The number of nitrogens with zero attached hydrogens (tertiary/aromatic N) is 4. The van der Waals surface area contributed by atoms with Crippen LogP contribution in [0.5, 0.6) is 17.2 Å². The average Bonchev–Trinajstić information content (AvgIpc) is 3.74. The highest BCUT2D eigenvalue weighted by Gasteiger charge is 2.48. The van der Waals surface area contributed by atoms with Crippen LogP contribution in [-0.4, -0.2) is 116 Å². The molecule has 0 unspecified atom stereocenters. The molecule has 0 spiro atoms. The molecule has 3 atom stereocenters. The highest BCUT2D eigenvalue weighted by atomic mass is 16.7. The second kappa shape index (κ2) is 15.2. The Morgan fingerprint density at radius 3 is 2.54 bits per heavy atom. The number of rotatable bonds is 16. The van der Waals surface area contributed by atoms with Gasteiger partial charge in [-0.3, -0.25) is 19.3 Å². The predicted molar refractivity (Wildman–Crippen MR) is 173 cm³/mol. The van der Waals surface area contributed by atoms with Gasteiger partial charge in [-0.05, 0) is 75.6 Å². The summed E-state index contributed by atoms with van der Waals surface area (Å²) in [6, 6.07) is 10.8. The maximum Gasteiger partial charge on any atom is 0.308 e. The minimum Gasteiger partial charge on any atom is -0.493 e. The van der Waals surface area contributed by atoms with Gasteiger partial charge in [0.25, 0.3) is 5.91 Å². The third-order valence-electron chi connectivity index (χ3n) is 9.49. The number of hydrogen-bond donors (Lipinski definition) is 1. The lowest BCUT2D eigenvalue weighted by Gasteiger charge is -2.31. The summed E-state index contributed by atoms with van der Waals surface area (Å²) in [6.45, 7) is 5.91. The number of unbranched alkanes of at least 4 members (excludes halogenated alkanes) is 2. The smallest absolute Gasteiger partial charge is 0.308 e. The van der Waals surface area contributed by atoms with Crippen LogP contribution in [0.25, 0.3) is 0 Å². The van der Waals surface area contributed by atoms with Crippen molar-refractivity contribution in [1.29, 1.82) is 0 Å². The molecule has 2 aromatic carbocycles. The number of carbonyl (C=O) groups excluding carboxylic acids is 2. The molecule has 1 N–H and O–H groups in total. The number of hydrogen-bond acceptors (Lipinski definition) is 8. The predicted octanol–water partition coefficient (Wildman–Crippen LogP) is 3.91. The molecule has 0 radical (unpaired) electrons. The molecule has 46 heavy (non-hydrogen) atoms. The number of carboxylic acid groups (broad SMARTS) is 1. The first-order valence-corrected chi connectivity index (χ1v) is 16.5. The van der Waals surface area contributed by atoms with E-state index >= 15 is 0 Å². The van der Waals surface area contributed by atoms with E-state index in [9.17, 15) is 19.5 Å². The van der Waals surface area contributed by atoms with E-state index in [2.05, 4.69) is 11.8 Å². The Balaban J connectivity index is 1.39. The molecule has 1 saturated heterocycles. The van der Waals surface area contributed by atoms with E-state index in [1.165, 1.54) is 0 Å². The van der Waals surface area contributed by atoms with Gasteiger partial charge in [-0.2, -0.15) is 0 Å². The van der Waals surface area contributed by atoms with Crippen LogP contribution in [0.1, 0.15) is 66.4 Å². The van der Waals surface area contributed by atoms with Gasteiger partial charge < -0.3 is 34.0 Å². The Morgan fingerprint density at radius 2 is 1.83 bits per heavy atom. The summed E-state index contributed by atoms with van der Waals surface area (Å²) in [4.78, 5) is 48.1. The zero-order valence-electron chi connectivity index (χ0n) is 27.6. The number of benzene rings is 2. The lowest BCUT2D eigenvalue weighted by molar-refractivity contribution is -0.144. The minimum absolute atomic E-state index is 0.0148. The fourth-order valence-electron chi connectivity index (χ4n) is 7.05. The van der Waals surface area contributed by atoms with Crippen LogP contribution in [0.15, 0.2) is 36.4 Å². The second-order valence-electron chi connectivity index (χ2n) is 12.8. The number of carboxylic acids is 1. The van der Waals surface area contributed by atoms with Crippen LogP contribution in [0.3, 0.4) is 0 Å². The van der Waals surface area contributed by atoms with Gasteiger partial charge in [0, 0.05) is 50.2 Å². The van der Waals surface area contributed by atoms with Crippen molar-refractivity contribution < 1.29 is 33.7 Å². The van der Waals surface area contributed by atoms with Crippen molar-refractivity contribution in [2.24, 2.45) is 5.92 Å². The zero-order valence-corrected chi connectivity index (χ0v) is 27.6. The summed E-state index contributed by atoms with van der Waals surface area (Å²) in [5, 5.41) is 10.7. The van der Waals surface area contributed by atoms with Gasteiger partial charge in [0.15, 0.2) is 11.5 Å². The SMILES string of the molecule is CCCCN(CCCCN(C)C)C(=O)CN1C[C@H](c2cc(OC)c3c(c2)OCO3)[C@@H](C(=O)O)[C@@H]1CCN1Cc2ccccc2C1=O. The van der Waals surface area contributed by atoms with Gasteiger partial charge in [0.1, 0.15) is 0 Å². The monoisotopic (exact) mass is 636 g/mol. The van der Waals surface area contributed by atoms with E-state index in [4.69, 9.17) is 14.2 Å².